The minimum atomic E-state index is -0.111. The van der Waals surface area contributed by atoms with Gasteiger partial charge in [-0.25, -0.2) is 0 Å². The van der Waals surface area contributed by atoms with Crippen molar-refractivity contribution in [2.24, 2.45) is 5.92 Å². The van der Waals surface area contributed by atoms with Gasteiger partial charge in [0.1, 0.15) is 5.75 Å². The summed E-state index contributed by atoms with van der Waals surface area (Å²) in [5, 5.41) is 4.34. The van der Waals surface area contributed by atoms with E-state index in [-0.39, 0.29) is 11.8 Å². The summed E-state index contributed by atoms with van der Waals surface area (Å²) in [6.07, 6.45) is 1.81. The monoisotopic (exact) mass is 454 g/mol. The standard InChI is InChI=1S/C25H24Cl2N2O2/c26-20-12-13-24(31-21-9-2-1-3-10-21)23(15-20)28-25(30)19-8-6-14-29(17-19)16-18-7-4-5-11-22(18)27/h1-5,7,9-13,15,19H,6,8,14,16-17H2,(H,28,30). The molecule has 31 heavy (non-hydrogen) atoms. The summed E-state index contributed by atoms with van der Waals surface area (Å²) < 4.78 is 5.97. The van der Waals surface area contributed by atoms with Crippen LogP contribution in [0.5, 0.6) is 11.5 Å². The fourth-order valence-corrected chi connectivity index (χ4v) is 4.19. The van der Waals surface area contributed by atoms with E-state index >= 15 is 0 Å². The van der Waals surface area contributed by atoms with Crippen molar-refractivity contribution in [1.29, 1.82) is 0 Å². The Balaban J connectivity index is 1.44. The summed E-state index contributed by atoms with van der Waals surface area (Å²) >= 11 is 12.5. The van der Waals surface area contributed by atoms with Gasteiger partial charge in [0.05, 0.1) is 11.6 Å². The lowest BCUT2D eigenvalue weighted by molar-refractivity contribution is -0.121. The van der Waals surface area contributed by atoms with Gasteiger partial charge < -0.3 is 10.1 Å². The van der Waals surface area contributed by atoms with Crippen molar-refractivity contribution in [1.82, 2.24) is 4.90 Å². The third-order valence-electron chi connectivity index (χ3n) is 5.40. The Kier molecular flexibility index (Phi) is 7.13. The first kappa shape index (κ1) is 21.7. The molecule has 6 heteroatoms. The first-order valence-corrected chi connectivity index (χ1v) is 11.1. The molecule has 0 radical (unpaired) electrons. The molecule has 1 heterocycles. The molecule has 1 aliphatic rings. The molecule has 1 fully saturated rings. The van der Waals surface area contributed by atoms with Crippen LogP contribution in [0.1, 0.15) is 18.4 Å². The van der Waals surface area contributed by atoms with Gasteiger partial charge in [-0.1, -0.05) is 59.6 Å². The smallest absolute Gasteiger partial charge is 0.228 e. The molecule has 0 aliphatic carbocycles. The van der Waals surface area contributed by atoms with E-state index in [1.807, 2.05) is 54.6 Å². The van der Waals surface area contributed by atoms with Crippen LogP contribution in [0.15, 0.2) is 72.8 Å². The van der Waals surface area contributed by atoms with Crippen molar-refractivity contribution < 1.29 is 9.53 Å². The lowest BCUT2D eigenvalue weighted by atomic mass is 9.96. The second kappa shape index (κ2) is 10.2. The van der Waals surface area contributed by atoms with Crippen LogP contribution in [0.2, 0.25) is 10.0 Å². The summed E-state index contributed by atoms with van der Waals surface area (Å²) in [5.74, 6) is 1.13. The van der Waals surface area contributed by atoms with Gasteiger partial charge in [-0.15, -0.1) is 0 Å². The van der Waals surface area contributed by atoms with Crippen LogP contribution in [-0.2, 0) is 11.3 Å². The lowest BCUT2D eigenvalue weighted by Gasteiger charge is -2.32. The largest absolute Gasteiger partial charge is 0.455 e. The average molecular weight is 455 g/mol. The maximum absolute atomic E-state index is 13.1. The number of ether oxygens (including phenoxy) is 1. The Labute approximate surface area is 192 Å². The number of nitrogens with zero attached hydrogens (tertiary/aromatic N) is 1. The quantitative estimate of drug-likeness (QED) is 0.453. The Hall–Kier alpha value is -2.53. The highest BCUT2D eigenvalue weighted by molar-refractivity contribution is 6.31. The van der Waals surface area contributed by atoms with Crippen molar-refractivity contribution >= 4 is 34.8 Å². The highest BCUT2D eigenvalue weighted by Crippen LogP contribution is 2.33. The number of hydrogen-bond donors (Lipinski definition) is 1. The number of piperidine rings is 1. The van der Waals surface area contributed by atoms with E-state index in [9.17, 15) is 4.79 Å². The van der Waals surface area contributed by atoms with Gasteiger partial charge in [0, 0.05) is 23.1 Å². The van der Waals surface area contributed by atoms with Crippen LogP contribution in [0, 0.1) is 5.92 Å². The molecule has 1 amide bonds. The molecule has 0 aromatic heterocycles. The van der Waals surface area contributed by atoms with Gasteiger partial charge in [-0.2, -0.15) is 0 Å². The maximum atomic E-state index is 13.1. The number of para-hydroxylation sites is 1. The molecule has 1 N–H and O–H groups in total. The predicted octanol–water partition coefficient (Wildman–Crippen LogP) is 6.64. The molecule has 3 aromatic carbocycles. The lowest BCUT2D eigenvalue weighted by Crippen LogP contribution is -2.40. The van der Waals surface area contributed by atoms with Crippen molar-refractivity contribution in [2.75, 3.05) is 18.4 Å². The van der Waals surface area contributed by atoms with Crippen LogP contribution in [0.3, 0.4) is 0 Å². The van der Waals surface area contributed by atoms with Gasteiger partial charge in [-0.05, 0) is 61.3 Å². The average Bonchev–Trinajstić information content (AvgIpc) is 2.78. The van der Waals surface area contributed by atoms with Crippen LogP contribution in [-0.4, -0.2) is 23.9 Å². The van der Waals surface area contributed by atoms with Crippen LogP contribution in [0.25, 0.3) is 0 Å². The van der Waals surface area contributed by atoms with E-state index in [1.165, 1.54) is 0 Å². The van der Waals surface area contributed by atoms with Crippen molar-refractivity contribution in [3.63, 3.8) is 0 Å². The van der Waals surface area contributed by atoms with Crippen LogP contribution in [0.4, 0.5) is 5.69 Å². The summed E-state index contributed by atoms with van der Waals surface area (Å²) in [5.41, 5.74) is 1.66. The highest BCUT2D eigenvalue weighted by atomic mass is 35.5. The SMILES string of the molecule is O=C(Nc1cc(Cl)ccc1Oc1ccccc1)C1CCCN(Cc2ccccc2Cl)C1. The first-order valence-electron chi connectivity index (χ1n) is 10.4. The zero-order valence-corrected chi connectivity index (χ0v) is 18.6. The van der Waals surface area contributed by atoms with Gasteiger partial charge in [0.15, 0.2) is 5.75 Å². The number of likely N-dealkylation sites (tertiary alicyclic amines) is 1. The minimum absolute atomic E-state index is 0.0240. The Morgan fingerprint density at radius 1 is 1.03 bits per heavy atom. The predicted molar refractivity (Wildman–Crippen MR) is 126 cm³/mol. The molecule has 1 atom stereocenters. The molecule has 1 aliphatic heterocycles. The van der Waals surface area contributed by atoms with E-state index in [2.05, 4.69) is 10.2 Å². The minimum Gasteiger partial charge on any atom is -0.455 e. The Bertz CT molecular complexity index is 1040. The van der Waals surface area contributed by atoms with Crippen molar-refractivity contribution in [3.8, 4) is 11.5 Å². The number of anilines is 1. The fraction of sp³-hybridized carbons (Fsp3) is 0.240. The second-order valence-corrected chi connectivity index (χ2v) is 8.55. The summed E-state index contributed by atoms with van der Waals surface area (Å²) in [7, 11) is 0. The molecule has 3 aromatic rings. The summed E-state index contributed by atoms with van der Waals surface area (Å²) in [6, 6.07) is 22.6. The molecule has 0 saturated carbocycles. The van der Waals surface area contributed by atoms with Gasteiger partial charge in [-0.3, -0.25) is 9.69 Å². The van der Waals surface area contributed by atoms with E-state index in [1.54, 1.807) is 18.2 Å². The molecule has 0 bridgehead atoms. The molecule has 1 unspecified atom stereocenters. The number of benzene rings is 3. The number of rotatable bonds is 6. The normalized spacial score (nSPS) is 16.6. The van der Waals surface area contributed by atoms with E-state index < -0.39 is 0 Å². The third-order valence-corrected chi connectivity index (χ3v) is 6.00. The topological polar surface area (TPSA) is 41.6 Å². The van der Waals surface area contributed by atoms with Gasteiger partial charge in [0.2, 0.25) is 5.91 Å². The van der Waals surface area contributed by atoms with Crippen molar-refractivity contribution in [2.45, 2.75) is 19.4 Å². The van der Waals surface area contributed by atoms with Crippen LogP contribution < -0.4 is 10.1 Å². The number of amides is 1. The number of nitrogens with one attached hydrogen (secondary N) is 1. The molecule has 4 nitrogen and oxygen atoms in total. The molecule has 4 rings (SSSR count). The third kappa shape index (κ3) is 5.79. The van der Waals surface area contributed by atoms with Gasteiger partial charge in [0.25, 0.3) is 0 Å². The van der Waals surface area contributed by atoms with E-state index in [0.29, 0.717) is 28.8 Å². The molecular weight excluding hydrogens is 431 g/mol. The molecule has 1 saturated heterocycles. The molecular formula is C25H24Cl2N2O2. The Morgan fingerprint density at radius 2 is 1.81 bits per heavy atom. The zero-order chi connectivity index (χ0) is 21.6. The summed E-state index contributed by atoms with van der Waals surface area (Å²) in [6.45, 7) is 2.38. The van der Waals surface area contributed by atoms with Gasteiger partial charge >= 0.3 is 0 Å². The van der Waals surface area contributed by atoms with E-state index in [4.69, 9.17) is 27.9 Å². The number of carbonyl (C=O) groups excluding carboxylic acids is 1. The zero-order valence-electron chi connectivity index (χ0n) is 17.1. The summed E-state index contributed by atoms with van der Waals surface area (Å²) in [4.78, 5) is 15.4. The fourth-order valence-electron chi connectivity index (χ4n) is 3.82. The molecule has 160 valence electrons. The second-order valence-electron chi connectivity index (χ2n) is 7.71. The van der Waals surface area contributed by atoms with Crippen molar-refractivity contribution in [3.05, 3.63) is 88.4 Å². The Morgan fingerprint density at radius 3 is 2.61 bits per heavy atom. The first-order chi connectivity index (χ1) is 15.1. The molecule has 0 spiro atoms. The number of halogens is 2. The number of carbonyl (C=O) groups is 1. The van der Waals surface area contributed by atoms with Crippen LogP contribution >= 0.6 is 23.2 Å². The van der Waals surface area contributed by atoms with E-state index in [0.717, 1.165) is 36.5 Å². The maximum Gasteiger partial charge on any atom is 0.228 e. The number of hydrogen-bond acceptors (Lipinski definition) is 3. The highest BCUT2D eigenvalue weighted by Gasteiger charge is 2.27.